The molecule has 0 aliphatic rings. The van der Waals surface area contributed by atoms with Crippen molar-refractivity contribution in [2.24, 2.45) is 7.05 Å². The molecule has 96 valence electrons. The van der Waals surface area contributed by atoms with Gasteiger partial charge < -0.3 is 5.32 Å². The van der Waals surface area contributed by atoms with Gasteiger partial charge >= 0.3 is 0 Å². The Morgan fingerprint density at radius 3 is 2.44 bits per heavy atom. The van der Waals surface area contributed by atoms with Gasteiger partial charge in [-0.3, -0.25) is 4.68 Å². The first-order chi connectivity index (χ1) is 8.60. The van der Waals surface area contributed by atoms with Gasteiger partial charge in [-0.2, -0.15) is 5.10 Å². The van der Waals surface area contributed by atoms with Gasteiger partial charge in [0.15, 0.2) is 0 Å². The first-order valence-corrected chi connectivity index (χ1v) is 6.46. The van der Waals surface area contributed by atoms with Crippen molar-refractivity contribution in [3.8, 4) is 0 Å². The normalized spacial score (nSPS) is 12.4. The van der Waals surface area contributed by atoms with E-state index in [1.807, 2.05) is 11.7 Å². The van der Waals surface area contributed by atoms with E-state index in [-0.39, 0.29) is 6.04 Å². The maximum atomic E-state index is 4.41. The zero-order valence-electron chi connectivity index (χ0n) is 11.6. The minimum absolute atomic E-state index is 0.269. The van der Waals surface area contributed by atoms with Gasteiger partial charge in [-0.05, 0) is 31.4 Å². The van der Waals surface area contributed by atoms with Crippen molar-refractivity contribution < 1.29 is 0 Å². The fourth-order valence-electron chi connectivity index (χ4n) is 1.98. The van der Waals surface area contributed by atoms with Crippen LogP contribution in [0, 0.1) is 6.92 Å². The molecule has 3 nitrogen and oxygen atoms in total. The van der Waals surface area contributed by atoms with E-state index in [1.54, 1.807) is 0 Å². The van der Waals surface area contributed by atoms with Crippen LogP contribution in [-0.4, -0.2) is 9.78 Å². The largest absolute Gasteiger partial charge is 0.362 e. The van der Waals surface area contributed by atoms with Gasteiger partial charge in [0.2, 0.25) is 0 Å². The number of rotatable bonds is 4. The molecular weight excluding hydrogens is 222 g/mol. The average molecular weight is 243 g/mol. The number of hydrogen-bond acceptors (Lipinski definition) is 2. The lowest BCUT2D eigenvalue weighted by Gasteiger charge is -2.13. The number of aryl methyl sites for hydroxylation is 3. The Hall–Kier alpha value is -1.77. The summed E-state index contributed by atoms with van der Waals surface area (Å²) in [5.74, 6) is 0.932. The summed E-state index contributed by atoms with van der Waals surface area (Å²) in [7, 11) is 1.96. The summed E-state index contributed by atoms with van der Waals surface area (Å²) < 4.78 is 1.88. The fourth-order valence-corrected chi connectivity index (χ4v) is 1.98. The van der Waals surface area contributed by atoms with Crippen molar-refractivity contribution >= 4 is 5.82 Å². The van der Waals surface area contributed by atoms with E-state index in [4.69, 9.17) is 0 Å². The van der Waals surface area contributed by atoms with Crippen molar-refractivity contribution in [3.05, 3.63) is 47.2 Å². The molecule has 0 radical (unpaired) electrons. The van der Waals surface area contributed by atoms with Crippen molar-refractivity contribution in [1.82, 2.24) is 9.78 Å². The molecule has 0 aliphatic heterocycles. The van der Waals surface area contributed by atoms with E-state index in [9.17, 15) is 0 Å². The van der Waals surface area contributed by atoms with Gasteiger partial charge in [0.05, 0.1) is 0 Å². The molecule has 18 heavy (non-hydrogen) atoms. The van der Waals surface area contributed by atoms with E-state index in [0.29, 0.717) is 0 Å². The van der Waals surface area contributed by atoms with Crippen molar-refractivity contribution in [2.45, 2.75) is 33.2 Å². The molecule has 0 saturated heterocycles. The molecule has 1 heterocycles. The summed E-state index contributed by atoms with van der Waals surface area (Å²) in [6.45, 7) is 6.39. The zero-order chi connectivity index (χ0) is 13.1. The number of nitrogens with zero attached hydrogens (tertiary/aromatic N) is 2. The van der Waals surface area contributed by atoms with E-state index < -0.39 is 0 Å². The van der Waals surface area contributed by atoms with Gasteiger partial charge in [-0.15, -0.1) is 0 Å². The highest BCUT2D eigenvalue weighted by Crippen LogP contribution is 2.19. The lowest BCUT2D eigenvalue weighted by molar-refractivity contribution is 0.736. The van der Waals surface area contributed by atoms with Crippen LogP contribution in [0.2, 0.25) is 0 Å². The van der Waals surface area contributed by atoms with Crippen LogP contribution in [-0.2, 0) is 13.5 Å². The van der Waals surface area contributed by atoms with E-state index in [2.05, 4.69) is 61.5 Å². The molecule has 2 rings (SSSR count). The predicted molar refractivity (Wildman–Crippen MR) is 75.8 cm³/mol. The van der Waals surface area contributed by atoms with Crippen molar-refractivity contribution in [2.75, 3.05) is 5.32 Å². The number of hydrogen-bond donors (Lipinski definition) is 1. The van der Waals surface area contributed by atoms with Crippen molar-refractivity contribution in [1.29, 1.82) is 0 Å². The highest BCUT2D eigenvalue weighted by molar-refractivity contribution is 5.39. The lowest BCUT2D eigenvalue weighted by Crippen LogP contribution is -2.07. The molecular formula is C15H21N3. The van der Waals surface area contributed by atoms with Gasteiger partial charge in [0.25, 0.3) is 0 Å². The third kappa shape index (κ3) is 2.73. The summed E-state index contributed by atoms with van der Waals surface area (Å²) in [4.78, 5) is 0. The second-order valence-corrected chi connectivity index (χ2v) is 4.76. The Labute approximate surface area is 109 Å². The fraction of sp³-hybridized carbons (Fsp3) is 0.400. The first kappa shape index (κ1) is 12.7. The van der Waals surface area contributed by atoms with Crippen LogP contribution in [0.3, 0.4) is 0 Å². The van der Waals surface area contributed by atoms with Gasteiger partial charge in [-0.25, -0.2) is 0 Å². The van der Waals surface area contributed by atoms with E-state index in [1.165, 1.54) is 11.1 Å². The highest BCUT2D eigenvalue weighted by Gasteiger charge is 2.07. The molecule has 1 aromatic heterocycles. The van der Waals surface area contributed by atoms with Crippen LogP contribution in [0.25, 0.3) is 0 Å². The molecule has 0 spiro atoms. The second kappa shape index (κ2) is 5.25. The third-order valence-corrected chi connectivity index (χ3v) is 3.37. The van der Waals surface area contributed by atoms with Crippen molar-refractivity contribution in [3.63, 3.8) is 0 Å². The Balaban J connectivity index is 2.08. The number of anilines is 1. The molecule has 2 aromatic rings. The summed E-state index contributed by atoms with van der Waals surface area (Å²) in [6, 6.07) is 11.1. The molecule has 1 aromatic carbocycles. The molecule has 1 N–H and O–H groups in total. The minimum atomic E-state index is 0.269. The average Bonchev–Trinajstić information content (AvgIpc) is 2.68. The first-order valence-electron chi connectivity index (χ1n) is 6.46. The van der Waals surface area contributed by atoms with Gasteiger partial charge in [0.1, 0.15) is 5.82 Å². The number of nitrogens with one attached hydrogen (secondary N) is 1. The standard InChI is InChI=1S/C15H21N3/c1-5-13-6-8-14(9-7-13)12(3)16-15-10-11(2)18(4)17-15/h6-10,12H,5H2,1-4H3,(H,16,17). The van der Waals surface area contributed by atoms with Crippen LogP contribution in [0.15, 0.2) is 30.3 Å². The maximum absolute atomic E-state index is 4.41. The Kier molecular flexibility index (Phi) is 3.70. The minimum Gasteiger partial charge on any atom is -0.362 e. The monoisotopic (exact) mass is 243 g/mol. The smallest absolute Gasteiger partial charge is 0.148 e. The Morgan fingerprint density at radius 2 is 1.94 bits per heavy atom. The maximum Gasteiger partial charge on any atom is 0.148 e. The molecule has 0 saturated carbocycles. The van der Waals surface area contributed by atoms with Crippen LogP contribution in [0.4, 0.5) is 5.82 Å². The van der Waals surface area contributed by atoms with E-state index in [0.717, 1.165) is 17.9 Å². The molecule has 0 amide bonds. The summed E-state index contributed by atoms with van der Waals surface area (Å²) in [6.07, 6.45) is 1.08. The van der Waals surface area contributed by atoms with E-state index >= 15 is 0 Å². The third-order valence-electron chi connectivity index (χ3n) is 3.37. The highest BCUT2D eigenvalue weighted by atomic mass is 15.3. The summed E-state index contributed by atoms with van der Waals surface area (Å²) in [5, 5.41) is 7.84. The van der Waals surface area contributed by atoms with Crippen LogP contribution in [0.5, 0.6) is 0 Å². The number of benzene rings is 1. The predicted octanol–water partition coefficient (Wildman–Crippen LogP) is 3.46. The zero-order valence-corrected chi connectivity index (χ0v) is 11.6. The molecule has 1 atom stereocenters. The van der Waals surface area contributed by atoms with Crippen LogP contribution in [0.1, 0.15) is 36.7 Å². The lowest BCUT2D eigenvalue weighted by atomic mass is 10.1. The molecule has 0 fully saturated rings. The summed E-state index contributed by atoms with van der Waals surface area (Å²) >= 11 is 0. The van der Waals surface area contributed by atoms with Gasteiger partial charge in [-0.1, -0.05) is 31.2 Å². The molecule has 0 bridgehead atoms. The SMILES string of the molecule is CCc1ccc(C(C)Nc2cc(C)n(C)n2)cc1. The van der Waals surface area contributed by atoms with Crippen LogP contribution >= 0.6 is 0 Å². The Morgan fingerprint density at radius 1 is 1.28 bits per heavy atom. The quantitative estimate of drug-likeness (QED) is 0.891. The molecule has 3 heteroatoms. The number of aromatic nitrogens is 2. The topological polar surface area (TPSA) is 29.9 Å². The van der Waals surface area contributed by atoms with Crippen LogP contribution < -0.4 is 5.32 Å². The summed E-state index contributed by atoms with van der Waals surface area (Å²) in [5.41, 5.74) is 3.82. The molecule has 0 aliphatic carbocycles. The second-order valence-electron chi connectivity index (χ2n) is 4.76. The molecule has 1 unspecified atom stereocenters. The van der Waals surface area contributed by atoms with Gasteiger partial charge in [0, 0.05) is 24.8 Å². The Bertz CT molecular complexity index is 492.